The Balaban J connectivity index is 0.00000364. The fourth-order valence-corrected chi connectivity index (χ4v) is 2.91. The van der Waals surface area contributed by atoms with Crippen LogP contribution in [0, 0.1) is 11.3 Å². The van der Waals surface area contributed by atoms with Crippen molar-refractivity contribution >= 4 is 59.2 Å². The Labute approximate surface area is 177 Å². The van der Waals surface area contributed by atoms with Crippen LogP contribution in [0.2, 0.25) is 15.1 Å². The van der Waals surface area contributed by atoms with Crippen molar-refractivity contribution in [1.29, 1.82) is 5.26 Å². The first-order valence-electron chi connectivity index (χ1n) is 7.45. The average molecular weight is 454 g/mol. The number of amides is 1. The van der Waals surface area contributed by atoms with Crippen molar-refractivity contribution in [1.82, 2.24) is 9.88 Å². The van der Waals surface area contributed by atoms with Crippen LogP contribution < -0.4 is 4.90 Å². The van der Waals surface area contributed by atoms with Gasteiger partial charge in [-0.05, 0) is 39.2 Å². The van der Waals surface area contributed by atoms with E-state index in [1.807, 2.05) is 25.1 Å². The minimum absolute atomic E-state index is 0. The average Bonchev–Trinajstić information content (AvgIpc) is 2.98. The smallest absolute Gasteiger partial charge is 0.414 e. The molecule has 1 amide bonds. The van der Waals surface area contributed by atoms with Crippen LogP contribution in [0.4, 0.5) is 10.7 Å². The molecule has 0 aliphatic rings. The summed E-state index contributed by atoms with van der Waals surface area (Å²) < 4.78 is 5.56. The van der Waals surface area contributed by atoms with E-state index in [0.29, 0.717) is 18.0 Å². The molecule has 0 aliphatic carbocycles. The van der Waals surface area contributed by atoms with Crippen LogP contribution in [0.3, 0.4) is 0 Å². The van der Waals surface area contributed by atoms with Gasteiger partial charge in [-0.15, -0.1) is 12.4 Å². The number of halogens is 4. The van der Waals surface area contributed by atoms with Gasteiger partial charge in [0.1, 0.15) is 6.07 Å². The second-order valence-electron chi connectivity index (χ2n) is 5.62. The van der Waals surface area contributed by atoms with Crippen molar-refractivity contribution < 1.29 is 14.3 Å². The lowest BCUT2D eigenvalue weighted by Crippen LogP contribution is -2.32. The summed E-state index contributed by atoms with van der Waals surface area (Å²) in [4.78, 5) is 18.5. The van der Waals surface area contributed by atoms with E-state index >= 15 is 0 Å². The second-order valence-corrected chi connectivity index (χ2v) is 6.85. The molecule has 0 spiro atoms. The number of carbonyl (C=O) groups is 1. The molecule has 27 heavy (non-hydrogen) atoms. The first kappa shape index (κ1) is 23.3. The number of hydrogen-bond acceptors (Lipinski definition) is 5. The van der Waals surface area contributed by atoms with E-state index in [9.17, 15) is 15.2 Å². The molecule has 11 heteroatoms. The van der Waals surface area contributed by atoms with Gasteiger partial charge in [0.05, 0.1) is 15.6 Å². The van der Waals surface area contributed by atoms with Crippen LogP contribution >= 0.6 is 47.2 Å². The summed E-state index contributed by atoms with van der Waals surface area (Å²) in [6.07, 6.45) is -0.706. The fourth-order valence-electron chi connectivity index (χ4n) is 2.22. The maximum atomic E-state index is 11.6. The van der Waals surface area contributed by atoms with Crippen LogP contribution in [0.1, 0.15) is 12.1 Å². The molecule has 1 aromatic heterocycles. The van der Waals surface area contributed by atoms with Gasteiger partial charge in [0.2, 0.25) is 17.5 Å². The van der Waals surface area contributed by atoms with Gasteiger partial charge >= 0.3 is 6.09 Å². The third-order valence-corrected chi connectivity index (χ3v) is 4.42. The fraction of sp³-hybridized carbons (Fsp3) is 0.312. The van der Waals surface area contributed by atoms with E-state index in [2.05, 4.69) is 4.98 Å². The number of carboxylic acid groups (broad SMARTS) is 1. The number of anilines is 1. The number of aromatic nitrogens is 1. The lowest BCUT2D eigenvalue weighted by Gasteiger charge is -2.17. The number of benzene rings is 1. The number of oxazole rings is 1. The Morgan fingerprint density at radius 3 is 2.52 bits per heavy atom. The first-order valence-corrected chi connectivity index (χ1v) is 8.59. The number of nitriles is 1. The Hall–Kier alpha value is -1.69. The van der Waals surface area contributed by atoms with E-state index in [1.54, 1.807) is 0 Å². The molecule has 1 heterocycles. The van der Waals surface area contributed by atoms with Crippen molar-refractivity contribution in [3.63, 3.8) is 0 Å². The molecule has 0 saturated carbocycles. The van der Waals surface area contributed by atoms with Gasteiger partial charge in [0.25, 0.3) is 0 Å². The maximum Gasteiger partial charge on any atom is 0.414 e. The molecule has 0 saturated heterocycles. The molecule has 0 aliphatic heterocycles. The van der Waals surface area contributed by atoms with Crippen LogP contribution in [0.5, 0.6) is 0 Å². The lowest BCUT2D eigenvalue weighted by atomic mass is 10.2. The summed E-state index contributed by atoms with van der Waals surface area (Å²) in [5, 5.41) is 19.4. The highest BCUT2D eigenvalue weighted by Gasteiger charge is 2.26. The van der Waals surface area contributed by atoms with Gasteiger partial charge in [0, 0.05) is 11.6 Å². The van der Waals surface area contributed by atoms with Gasteiger partial charge in [-0.2, -0.15) is 10.2 Å². The number of nitrogens with zero attached hydrogens (tertiary/aromatic N) is 4. The summed E-state index contributed by atoms with van der Waals surface area (Å²) in [5.74, 6) is -0.203. The second kappa shape index (κ2) is 10.0. The molecule has 0 radical (unpaired) electrons. The molecular formula is C16H16Cl4N4O3. The maximum absolute atomic E-state index is 11.6. The van der Waals surface area contributed by atoms with Crippen LogP contribution in [0.15, 0.2) is 16.5 Å². The highest BCUT2D eigenvalue weighted by atomic mass is 35.5. The predicted octanol–water partition coefficient (Wildman–Crippen LogP) is 5.03. The Kier molecular flexibility index (Phi) is 8.66. The van der Waals surface area contributed by atoms with Crippen LogP contribution in [0.25, 0.3) is 11.5 Å². The zero-order chi connectivity index (χ0) is 19.4. The van der Waals surface area contributed by atoms with Crippen molar-refractivity contribution in [2.45, 2.75) is 6.42 Å². The highest BCUT2D eigenvalue weighted by molar-refractivity contribution is 6.44. The minimum atomic E-state index is -1.25. The molecule has 0 unspecified atom stereocenters. The quantitative estimate of drug-likeness (QED) is 0.616. The standard InChI is InChI=1S/C16H15Cl3N4O3.ClH/c1-22(2)4-3-5-23(16(24)25)15-12(8-20)21-14(26-15)10-6-9(17)7-11(18)13(10)19;/h6-7H,3-5H2,1-2H3,(H,24,25);1H. The third-order valence-electron chi connectivity index (χ3n) is 3.40. The highest BCUT2D eigenvalue weighted by Crippen LogP contribution is 2.38. The monoisotopic (exact) mass is 452 g/mol. The van der Waals surface area contributed by atoms with Crippen LogP contribution in [-0.2, 0) is 0 Å². The van der Waals surface area contributed by atoms with Gasteiger partial charge in [-0.25, -0.2) is 9.69 Å². The molecule has 146 valence electrons. The molecule has 1 N–H and O–H groups in total. The Morgan fingerprint density at radius 2 is 1.96 bits per heavy atom. The molecule has 0 bridgehead atoms. The number of hydrogen-bond donors (Lipinski definition) is 1. The third kappa shape index (κ3) is 5.64. The molecule has 1 aromatic carbocycles. The Morgan fingerprint density at radius 1 is 1.30 bits per heavy atom. The SMILES string of the molecule is CN(C)CCCN(C(=O)O)c1oc(-c2cc(Cl)cc(Cl)c2Cl)nc1C#N.Cl. The summed E-state index contributed by atoms with van der Waals surface area (Å²) in [6.45, 7) is 0.809. The lowest BCUT2D eigenvalue weighted by molar-refractivity contribution is 0.200. The molecule has 2 rings (SSSR count). The van der Waals surface area contributed by atoms with Crippen molar-refractivity contribution in [2.24, 2.45) is 0 Å². The van der Waals surface area contributed by atoms with E-state index in [1.165, 1.54) is 12.1 Å². The molecule has 0 atom stereocenters. The summed E-state index contributed by atoms with van der Waals surface area (Å²) in [7, 11) is 3.76. The van der Waals surface area contributed by atoms with Crippen molar-refractivity contribution in [3.05, 3.63) is 32.9 Å². The van der Waals surface area contributed by atoms with Gasteiger partial charge < -0.3 is 14.4 Å². The molecule has 7 nitrogen and oxygen atoms in total. The zero-order valence-electron chi connectivity index (χ0n) is 14.4. The largest absolute Gasteiger partial charge is 0.465 e. The van der Waals surface area contributed by atoms with E-state index in [-0.39, 0.29) is 52.0 Å². The summed E-state index contributed by atoms with van der Waals surface area (Å²) in [6, 6.07) is 4.77. The normalized spacial score (nSPS) is 10.4. The van der Waals surface area contributed by atoms with E-state index < -0.39 is 6.09 Å². The number of rotatable bonds is 6. The molecular weight excluding hydrogens is 438 g/mol. The first-order chi connectivity index (χ1) is 12.2. The Bertz CT molecular complexity index is 864. The summed E-state index contributed by atoms with van der Waals surface area (Å²) in [5.41, 5.74) is 0.102. The predicted molar refractivity (Wildman–Crippen MR) is 107 cm³/mol. The topological polar surface area (TPSA) is 93.6 Å². The van der Waals surface area contributed by atoms with Gasteiger partial charge in [-0.1, -0.05) is 34.8 Å². The van der Waals surface area contributed by atoms with Crippen molar-refractivity contribution in [2.75, 3.05) is 32.1 Å². The van der Waals surface area contributed by atoms with Crippen LogP contribution in [-0.4, -0.2) is 48.3 Å². The van der Waals surface area contributed by atoms with E-state index in [0.717, 1.165) is 4.90 Å². The van der Waals surface area contributed by atoms with E-state index in [4.69, 9.17) is 39.2 Å². The summed E-state index contributed by atoms with van der Waals surface area (Å²) >= 11 is 18.1. The van der Waals surface area contributed by atoms with Gasteiger partial charge in [-0.3, -0.25) is 0 Å². The van der Waals surface area contributed by atoms with Crippen molar-refractivity contribution in [3.8, 4) is 17.5 Å². The van der Waals surface area contributed by atoms with Gasteiger partial charge in [0.15, 0.2) is 0 Å². The molecule has 2 aromatic rings. The molecule has 0 fully saturated rings. The zero-order valence-corrected chi connectivity index (χ0v) is 17.5. The minimum Gasteiger partial charge on any atom is -0.465 e.